The minimum atomic E-state index is 0.253. The summed E-state index contributed by atoms with van der Waals surface area (Å²) in [5.74, 6) is 1.14. The maximum Gasteiger partial charge on any atom is 0.0672 e. The zero-order valence-corrected chi connectivity index (χ0v) is 12.0. The van der Waals surface area contributed by atoms with Gasteiger partial charge in [0.15, 0.2) is 0 Å². The number of rotatable bonds is 2. The minimum absolute atomic E-state index is 0.253. The molecule has 3 rings (SSSR count). The summed E-state index contributed by atoms with van der Waals surface area (Å²) in [6, 6.07) is 3.58. The molecule has 3 aliphatic rings. The fourth-order valence-electron chi connectivity index (χ4n) is 5.25. The first kappa shape index (κ1) is 12.5. The molecule has 0 heterocycles. The van der Waals surface area contributed by atoms with E-state index < -0.39 is 0 Å². The fraction of sp³-hybridized carbons (Fsp3) is 0.938. The quantitative estimate of drug-likeness (QED) is 0.809. The summed E-state index contributed by atoms with van der Waals surface area (Å²) in [6.07, 6.45) is 7.70. The molecule has 0 aromatic carbocycles. The van der Waals surface area contributed by atoms with Crippen molar-refractivity contribution >= 4 is 0 Å². The van der Waals surface area contributed by atoms with Gasteiger partial charge in [0.1, 0.15) is 0 Å². The number of nitriles is 1. The monoisotopic (exact) mass is 246 g/mol. The highest BCUT2D eigenvalue weighted by molar-refractivity contribution is 5.13. The molecule has 3 fully saturated rings. The van der Waals surface area contributed by atoms with Crippen LogP contribution >= 0.6 is 0 Å². The van der Waals surface area contributed by atoms with Crippen molar-refractivity contribution in [1.29, 1.82) is 5.26 Å². The third-order valence-corrected chi connectivity index (χ3v) is 6.33. The highest BCUT2D eigenvalue weighted by atomic mass is 15.0. The molecule has 3 saturated carbocycles. The minimum Gasteiger partial charge on any atom is -0.309 e. The van der Waals surface area contributed by atoms with Crippen molar-refractivity contribution in [2.75, 3.05) is 0 Å². The lowest BCUT2D eigenvalue weighted by Gasteiger charge is -2.45. The van der Waals surface area contributed by atoms with Crippen LogP contribution in [-0.2, 0) is 0 Å². The second kappa shape index (κ2) is 3.97. The maximum atomic E-state index is 9.25. The Kier molecular flexibility index (Phi) is 2.75. The van der Waals surface area contributed by atoms with Gasteiger partial charge in [0.2, 0.25) is 0 Å². The van der Waals surface area contributed by atoms with Crippen LogP contribution in [0.15, 0.2) is 0 Å². The number of nitrogens with zero attached hydrogens (tertiary/aromatic N) is 1. The Morgan fingerprint density at radius 1 is 1.17 bits per heavy atom. The molecule has 0 radical (unpaired) electrons. The van der Waals surface area contributed by atoms with Crippen LogP contribution in [0.4, 0.5) is 0 Å². The van der Waals surface area contributed by atoms with E-state index >= 15 is 0 Å². The normalized spacial score (nSPS) is 49.4. The van der Waals surface area contributed by atoms with Crippen LogP contribution in [0.3, 0.4) is 0 Å². The first-order valence-corrected chi connectivity index (χ1v) is 7.63. The predicted molar refractivity (Wildman–Crippen MR) is 72.9 cm³/mol. The summed E-state index contributed by atoms with van der Waals surface area (Å²) in [5, 5.41) is 13.2. The van der Waals surface area contributed by atoms with Gasteiger partial charge in [-0.2, -0.15) is 5.26 Å². The lowest BCUT2D eigenvalue weighted by atomic mass is 9.68. The van der Waals surface area contributed by atoms with Gasteiger partial charge in [0, 0.05) is 12.1 Å². The van der Waals surface area contributed by atoms with Gasteiger partial charge in [0.25, 0.3) is 0 Å². The van der Waals surface area contributed by atoms with E-state index in [0.717, 1.165) is 12.3 Å². The Morgan fingerprint density at radius 2 is 1.94 bits per heavy atom. The van der Waals surface area contributed by atoms with E-state index in [1.54, 1.807) is 0 Å². The summed E-state index contributed by atoms with van der Waals surface area (Å²) in [4.78, 5) is 0. The van der Waals surface area contributed by atoms with Gasteiger partial charge in [-0.15, -0.1) is 0 Å². The molecule has 18 heavy (non-hydrogen) atoms. The Labute approximate surface area is 111 Å². The molecule has 0 aromatic rings. The zero-order chi connectivity index (χ0) is 13.0. The molecule has 0 amide bonds. The molecule has 2 nitrogen and oxygen atoms in total. The number of nitrogens with one attached hydrogen (secondary N) is 1. The van der Waals surface area contributed by atoms with Crippen molar-refractivity contribution < 1.29 is 0 Å². The van der Waals surface area contributed by atoms with Crippen LogP contribution in [0.25, 0.3) is 0 Å². The topological polar surface area (TPSA) is 35.8 Å². The molecule has 0 saturated heterocycles. The van der Waals surface area contributed by atoms with Crippen molar-refractivity contribution in [2.45, 2.75) is 71.4 Å². The largest absolute Gasteiger partial charge is 0.309 e. The molecule has 0 spiro atoms. The summed E-state index contributed by atoms with van der Waals surface area (Å²) < 4.78 is 0. The molecule has 2 bridgehead atoms. The molecule has 0 aromatic heterocycles. The fourth-order valence-corrected chi connectivity index (χ4v) is 5.25. The van der Waals surface area contributed by atoms with Gasteiger partial charge in [0.05, 0.1) is 12.0 Å². The van der Waals surface area contributed by atoms with Crippen LogP contribution in [0.1, 0.15) is 59.3 Å². The molecule has 3 unspecified atom stereocenters. The lowest BCUT2D eigenvalue weighted by Crippen LogP contribution is -2.54. The Bertz CT molecular complexity index is 376. The van der Waals surface area contributed by atoms with Crippen LogP contribution in [0.2, 0.25) is 0 Å². The smallest absolute Gasteiger partial charge is 0.0672 e. The summed E-state index contributed by atoms with van der Waals surface area (Å²) in [7, 11) is 0. The standard InChI is InChI=1S/C16H26N2/c1-15(2)12-7-8-16(3,9-12)14(15)18-13-6-4-5-11(13)10-17/h11-14,18H,4-9H2,1-3H3/t11?,12-,13?,14?,16+/m0/s1. The highest BCUT2D eigenvalue weighted by Gasteiger charge is 2.59. The summed E-state index contributed by atoms with van der Waals surface area (Å²) >= 11 is 0. The maximum absolute atomic E-state index is 9.25. The molecular formula is C16H26N2. The van der Waals surface area contributed by atoms with E-state index in [2.05, 4.69) is 32.2 Å². The van der Waals surface area contributed by atoms with Gasteiger partial charge in [-0.25, -0.2) is 0 Å². The lowest BCUT2D eigenvalue weighted by molar-refractivity contribution is 0.0957. The van der Waals surface area contributed by atoms with Crippen molar-refractivity contribution in [3.05, 3.63) is 0 Å². The van der Waals surface area contributed by atoms with Crippen molar-refractivity contribution in [3.63, 3.8) is 0 Å². The molecular weight excluding hydrogens is 220 g/mol. The SMILES string of the molecule is CC1(C)C(NC2CCCC2C#N)[C@]2(C)CC[C@H]1C2. The van der Waals surface area contributed by atoms with E-state index in [1.165, 1.54) is 32.1 Å². The molecule has 3 aliphatic carbocycles. The van der Waals surface area contributed by atoms with E-state index in [4.69, 9.17) is 0 Å². The van der Waals surface area contributed by atoms with Crippen LogP contribution in [0, 0.1) is 34.0 Å². The van der Waals surface area contributed by atoms with E-state index in [-0.39, 0.29) is 5.92 Å². The molecule has 0 aliphatic heterocycles. The Hall–Kier alpha value is -0.550. The van der Waals surface area contributed by atoms with Crippen LogP contribution in [-0.4, -0.2) is 12.1 Å². The van der Waals surface area contributed by atoms with E-state index in [1.807, 2.05) is 0 Å². The number of fused-ring (bicyclic) bond motifs is 2. The van der Waals surface area contributed by atoms with Crippen LogP contribution in [0.5, 0.6) is 0 Å². The van der Waals surface area contributed by atoms with Gasteiger partial charge in [-0.1, -0.05) is 27.2 Å². The van der Waals surface area contributed by atoms with Crippen molar-refractivity contribution in [2.24, 2.45) is 22.7 Å². The highest BCUT2D eigenvalue weighted by Crippen LogP contribution is 2.62. The molecule has 5 atom stereocenters. The van der Waals surface area contributed by atoms with E-state index in [0.29, 0.717) is 22.9 Å². The Morgan fingerprint density at radius 3 is 2.56 bits per heavy atom. The first-order valence-electron chi connectivity index (χ1n) is 7.63. The van der Waals surface area contributed by atoms with Crippen molar-refractivity contribution in [1.82, 2.24) is 5.32 Å². The summed E-state index contributed by atoms with van der Waals surface area (Å²) in [6.45, 7) is 7.35. The third kappa shape index (κ3) is 1.63. The molecule has 2 heteroatoms. The number of hydrogen-bond acceptors (Lipinski definition) is 2. The van der Waals surface area contributed by atoms with Crippen LogP contribution < -0.4 is 5.32 Å². The average Bonchev–Trinajstić information content (AvgIpc) is 2.95. The first-order chi connectivity index (χ1) is 8.47. The van der Waals surface area contributed by atoms with Gasteiger partial charge < -0.3 is 5.32 Å². The second-order valence-electron chi connectivity index (χ2n) is 7.79. The van der Waals surface area contributed by atoms with Crippen molar-refractivity contribution in [3.8, 4) is 6.07 Å². The zero-order valence-electron chi connectivity index (χ0n) is 12.0. The Balaban J connectivity index is 1.78. The van der Waals surface area contributed by atoms with E-state index in [9.17, 15) is 5.26 Å². The molecule has 1 N–H and O–H groups in total. The summed E-state index contributed by atoms with van der Waals surface area (Å²) in [5.41, 5.74) is 0.895. The average molecular weight is 246 g/mol. The molecule has 100 valence electrons. The van der Waals surface area contributed by atoms with Gasteiger partial charge in [-0.3, -0.25) is 0 Å². The predicted octanol–water partition coefficient (Wildman–Crippen LogP) is 3.48. The van der Waals surface area contributed by atoms with Gasteiger partial charge >= 0.3 is 0 Å². The van der Waals surface area contributed by atoms with Gasteiger partial charge in [-0.05, 0) is 48.9 Å². The third-order valence-electron chi connectivity index (χ3n) is 6.33. The second-order valence-corrected chi connectivity index (χ2v) is 7.79. The number of hydrogen-bond donors (Lipinski definition) is 1.